The van der Waals surface area contributed by atoms with Crippen LogP contribution in [0.3, 0.4) is 0 Å². The van der Waals surface area contributed by atoms with Gasteiger partial charge in [0.25, 0.3) is 11.8 Å². The van der Waals surface area contributed by atoms with Gasteiger partial charge >= 0.3 is 0 Å². The summed E-state index contributed by atoms with van der Waals surface area (Å²) in [6.07, 6.45) is 3.09. The van der Waals surface area contributed by atoms with Gasteiger partial charge in [-0.05, 0) is 48.9 Å². The molecule has 29 heavy (non-hydrogen) atoms. The molecule has 2 aromatic rings. The average molecular weight is 420 g/mol. The molecule has 0 saturated heterocycles. The van der Waals surface area contributed by atoms with Crippen LogP contribution in [0, 0.1) is 11.8 Å². The number of nitrogens with one attached hydrogen (secondary N) is 1. The Morgan fingerprint density at radius 3 is 2.38 bits per heavy atom. The molecule has 0 aliphatic rings. The van der Waals surface area contributed by atoms with Gasteiger partial charge in [-0.1, -0.05) is 39.3 Å². The molecule has 0 aliphatic carbocycles. The normalized spacial score (nSPS) is 11.1. The molecule has 2 amide bonds. The van der Waals surface area contributed by atoms with E-state index in [0.717, 1.165) is 12.8 Å². The summed E-state index contributed by atoms with van der Waals surface area (Å²) in [7, 11) is 0. The minimum Gasteiger partial charge on any atom is -0.446 e. The molecule has 0 fully saturated rings. The van der Waals surface area contributed by atoms with Crippen LogP contribution < -0.4 is 5.32 Å². The predicted octanol–water partition coefficient (Wildman–Crippen LogP) is 4.79. The maximum absolute atomic E-state index is 13.0. The zero-order valence-corrected chi connectivity index (χ0v) is 18.3. The third-order valence-electron chi connectivity index (χ3n) is 4.47. The van der Waals surface area contributed by atoms with Crippen molar-refractivity contribution in [3.8, 4) is 0 Å². The second-order valence-electron chi connectivity index (χ2n) is 7.98. The Labute approximate surface area is 177 Å². The maximum atomic E-state index is 13.0. The van der Waals surface area contributed by atoms with E-state index >= 15 is 0 Å². The first kappa shape index (κ1) is 22.9. The Morgan fingerprint density at radius 2 is 1.76 bits per heavy atom. The first-order chi connectivity index (χ1) is 13.8. The molecule has 158 valence electrons. The molecule has 0 radical (unpaired) electrons. The molecule has 7 heteroatoms. The Kier molecular flexibility index (Phi) is 8.70. The Balaban J connectivity index is 2.06. The van der Waals surface area contributed by atoms with Crippen molar-refractivity contribution >= 4 is 23.4 Å². The molecule has 0 spiro atoms. The van der Waals surface area contributed by atoms with E-state index in [4.69, 9.17) is 16.0 Å². The van der Waals surface area contributed by atoms with Crippen LogP contribution in [-0.2, 0) is 6.54 Å². The first-order valence-corrected chi connectivity index (χ1v) is 10.4. The number of hydrogen-bond acceptors (Lipinski definition) is 4. The van der Waals surface area contributed by atoms with Gasteiger partial charge in [0.1, 0.15) is 6.26 Å². The molecule has 1 aromatic carbocycles. The number of rotatable bonds is 10. The molecule has 1 N–H and O–H groups in total. The fourth-order valence-corrected chi connectivity index (χ4v) is 2.78. The van der Waals surface area contributed by atoms with Gasteiger partial charge in [-0.3, -0.25) is 9.59 Å². The molecule has 0 atom stereocenters. The number of benzene rings is 1. The third-order valence-corrected chi connectivity index (χ3v) is 4.72. The quantitative estimate of drug-likeness (QED) is 0.600. The number of amides is 2. The molecule has 0 aliphatic heterocycles. The van der Waals surface area contributed by atoms with Gasteiger partial charge in [0.2, 0.25) is 5.89 Å². The van der Waals surface area contributed by atoms with Crippen LogP contribution in [0.5, 0.6) is 0 Å². The van der Waals surface area contributed by atoms with Crippen molar-refractivity contribution in [1.29, 1.82) is 0 Å². The van der Waals surface area contributed by atoms with E-state index in [1.54, 1.807) is 29.2 Å². The lowest BCUT2D eigenvalue weighted by molar-refractivity contribution is 0.0720. The molecule has 1 heterocycles. The standard InChI is InChI=1S/C22H30ClN3O3/c1-15(2)9-11-24-21(27)19-14-29-20(25-19)13-26(12-10-16(3)4)22(28)17-5-7-18(23)8-6-17/h5-8,14-16H,9-13H2,1-4H3,(H,24,27). The minimum absolute atomic E-state index is 0.122. The van der Waals surface area contributed by atoms with Crippen molar-refractivity contribution < 1.29 is 14.0 Å². The van der Waals surface area contributed by atoms with Crippen LogP contribution in [0.25, 0.3) is 0 Å². The summed E-state index contributed by atoms with van der Waals surface area (Å²) in [5, 5.41) is 3.42. The summed E-state index contributed by atoms with van der Waals surface area (Å²) in [4.78, 5) is 31.1. The van der Waals surface area contributed by atoms with E-state index in [1.807, 2.05) is 0 Å². The molecular weight excluding hydrogens is 390 g/mol. The molecule has 6 nitrogen and oxygen atoms in total. The Bertz CT molecular complexity index is 800. The van der Waals surface area contributed by atoms with Crippen LogP contribution in [0.2, 0.25) is 5.02 Å². The number of nitrogens with zero attached hydrogens (tertiary/aromatic N) is 2. The van der Waals surface area contributed by atoms with Crippen LogP contribution in [0.1, 0.15) is 67.3 Å². The highest BCUT2D eigenvalue weighted by atomic mass is 35.5. The fraction of sp³-hybridized carbons (Fsp3) is 0.500. The van der Waals surface area contributed by atoms with E-state index in [2.05, 4.69) is 38.0 Å². The first-order valence-electron chi connectivity index (χ1n) is 10.0. The molecule has 0 saturated carbocycles. The van der Waals surface area contributed by atoms with E-state index in [0.29, 0.717) is 41.4 Å². The predicted molar refractivity (Wildman–Crippen MR) is 114 cm³/mol. The Morgan fingerprint density at radius 1 is 1.10 bits per heavy atom. The summed E-state index contributed by atoms with van der Waals surface area (Å²) in [5.41, 5.74) is 0.780. The maximum Gasteiger partial charge on any atom is 0.273 e. The van der Waals surface area contributed by atoms with E-state index < -0.39 is 0 Å². The van der Waals surface area contributed by atoms with Gasteiger partial charge in [0, 0.05) is 23.7 Å². The van der Waals surface area contributed by atoms with Crippen molar-refractivity contribution in [2.45, 2.75) is 47.1 Å². The number of aromatic nitrogens is 1. The van der Waals surface area contributed by atoms with Crippen LogP contribution in [0.15, 0.2) is 34.9 Å². The molecule has 1 aromatic heterocycles. The topological polar surface area (TPSA) is 75.4 Å². The number of oxazole rings is 1. The van der Waals surface area contributed by atoms with Crippen molar-refractivity contribution in [1.82, 2.24) is 15.2 Å². The molecular formula is C22H30ClN3O3. The fourth-order valence-electron chi connectivity index (χ4n) is 2.66. The van der Waals surface area contributed by atoms with Gasteiger partial charge in [-0.25, -0.2) is 4.98 Å². The number of halogens is 1. The largest absolute Gasteiger partial charge is 0.446 e. The monoisotopic (exact) mass is 419 g/mol. The van der Waals surface area contributed by atoms with Crippen molar-refractivity contribution in [2.24, 2.45) is 11.8 Å². The molecule has 2 rings (SSSR count). The number of hydrogen-bond donors (Lipinski definition) is 1. The van der Waals surface area contributed by atoms with Gasteiger partial charge in [-0.15, -0.1) is 0 Å². The summed E-state index contributed by atoms with van der Waals surface area (Å²) in [5.74, 6) is 0.908. The SMILES string of the molecule is CC(C)CCNC(=O)c1coc(CN(CCC(C)C)C(=O)c2ccc(Cl)cc2)n1. The second-order valence-corrected chi connectivity index (χ2v) is 8.42. The van der Waals surface area contributed by atoms with Crippen molar-refractivity contribution in [3.63, 3.8) is 0 Å². The number of carbonyl (C=O) groups is 2. The lowest BCUT2D eigenvalue weighted by Crippen LogP contribution is -2.32. The van der Waals surface area contributed by atoms with E-state index in [9.17, 15) is 9.59 Å². The molecule has 0 bridgehead atoms. The third kappa shape index (κ3) is 7.54. The smallest absolute Gasteiger partial charge is 0.273 e. The minimum atomic E-state index is -0.265. The van der Waals surface area contributed by atoms with Gasteiger partial charge in [-0.2, -0.15) is 0 Å². The summed E-state index contributed by atoms with van der Waals surface area (Å²) in [6.45, 7) is 9.78. The van der Waals surface area contributed by atoms with E-state index in [-0.39, 0.29) is 24.1 Å². The highest BCUT2D eigenvalue weighted by molar-refractivity contribution is 6.30. The van der Waals surface area contributed by atoms with Gasteiger partial charge in [0.15, 0.2) is 5.69 Å². The van der Waals surface area contributed by atoms with Gasteiger partial charge < -0.3 is 14.6 Å². The number of carbonyl (C=O) groups excluding carboxylic acids is 2. The highest BCUT2D eigenvalue weighted by Crippen LogP contribution is 2.15. The highest BCUT2D eigenvalue weighted by Gasteiger charge is 2.20. The summed E-state index contributed by atoms with van der Waals surface area (Å²) < 4.78 is 5.47. The van der Waals surface area contributed by atoms with E-state index in [1.165, 1.54) is 6.26 Å². The van der Waals surface area contributed by atoms with Gasteiger partial charge in [0.05, 0.1) is 6.54 Å². The Hall–Kier alpha value is -2.34. The molecule has 0 unspecified atom stereocenters. The van der Waals surface area contributed by atoms with Crippen molar-refractivity contribution in [3.05, 3.63) is 52.7 Å². The summed E-state index contributed by atoms with van der Waals surface area (Å²) in [6, 6.07) is 6.80. The second kappa shape index (κ2) is 11.0. The lowest BCUT2D eigenvalue weighted by atomic mass is 10.1. The van der Waals surface area contributed by atoms with Crippen LogP contribution >= 0.6 is 11.6 Å². The summed E-state index contributed by atoms with van der Waals surface area (Å²) >= 11 is 5.93. The zero-order chi connectivity index (χ0) is 21.4. The van der Waals surface area contributed by atoms with Crippen LogP contribution in [-0.4, -0.2) is 34.8 Å². The van der Waals surface area contributed by atoms with Crippen LogP contribution in [0.4, 0.5) is 0 Å². The average Bonchev–Trinajstić information content (AvgIpc) is 3.13. The van der Waals surface area contributed by atoms with Crippen molar-refractivity contribution in [2.75, 3.05) is 13.1 Å². The lowest BCUT2D eigenvalue weighted by Gasteiger charge is -2.22. The zero-order valence-electron chi connectivity index (χ0n) is 17.6.